The summed E-state index contributed by atoms with van der Waals surface area (Å²) in [5.74, 6) is 1.45. The van der Waals surface area contributed by atoms with Gasteiger partial charge in [0.2, 0.25) is 11.8 Å². The van der Waals surface area contributed by atoms with E-state index >= 15 is 0 Å². The second-order valence-electron chi connectivity index (χ2n) is 8.01. The van der Waals surface area contributed by atoms with Gasteiger partial charge in [-0.15, -0.1) is 11.8 Å². The van der Waals surface area contributed by atoms with Gasteiger partial charge in [-0.2, -0.15) is 0 Å². The van der Waals surface area contributed by atoms with Crippen molar-refractivity contribution in [3.63, 3.8) is 0 Å². The van der Waals surface area contributed by atoms with E-state index < -0.39 is 0 Å². The Morgan fingerprint density at radius 1 is 0.931 bits per heavy atom. The number of amides is 2. The molecule has 0 spiro atoms. The molecule has 2 N–H and O–H groups in total. The molecule has 6 nitrogen and oxygen atoms in total. The number of anilines is 2. The Bertz CT molecular complexity index is 893. The molecule has 0 unspecified atom stereocenters. The summed E-state index contributed by atoms with van der Waals surface area (Å²) in [6.45, 7) is 7.12. The lowest BCUT2D eigenvalue weighted by atomic mass is 9.92. The van der Waals surface area contributed by atoms with Gasteiger partial charge >= 0.3 is 0 Å². The van der Waals surface area contributed by atoms with E-state index in [-0.39, 0.29) is 23.0 Å². The number of carbonyl (C=O) groups is 2. The van der Waals surface area contributed by atoms with Gasteiger partial charge in [0, 0.05) is 28.8 Å². The first-order valence-electron chi connectivity index (χ1n) is 9.51. The van der Waals surface area contributed by atoms with Gasteiger partial charge in [-0.3, -0.25) is 9.59 Å². The maximum Gasteiger partial charge on any atom is 0.234 e. The molecule has 0 atom stereocenters. The van der Waals surface area contributed by atoms with Crippen LogP contribution in [0.25, 0.3) is 0 Å². The van der Waals surface area contributed by atoms with Crippen LogP contribution in [0.5, 0.6) is 11.5 Å². The first kappa shape index (κ1) is 21.0. The van der Waals surface area contributed by atoms with Gasteiger partial charge in [0.15, 0.2) is 11.5 Å². The van der Waals surface area contributed by atoms with Crippen LogP contribution in [0, 0.1) is 5.41 Å². The highest BCUT2D eigenvalue weighted by molar-refractivity contribution is 8.00. The molecule has 0 saturated heterocycles. The SMILES string of the molecule is CC(C)(C)CC(=O)Nc1cccc(SCC(=O)Nc2ccc3c(c2)OCCO3)c1. The van der Waals surface area contributed by atoms with Gasteiger partial charge in [-0.1, -0.05) is 26.8 Å². The van der Waals surface area contributed by atoms with Crippen molar-refractivity contribution in [2.45, 2.75) is 32.1 Å². The average molecular weight is 415 g/mol. The van der Waals surface area contributed by atoms with Crippen molar-refractivity contribution in [3.05, 3.63) is 42.5 Å². The van der Waals surface area contributed by atoms with E-state index in [1.807, 2.05) is 45.0 Å². The van der Waals surface area contributed by atoms with Crippen LogP contribution >= 0.6 is 11.8 Å². The van der Waals surface area contributed by atoms with Gasteiger partial charge in [0.1, 0.15) is 13.2 Å². The summed E-state index contributed by atoms with van der Waals surface area (Å²) < 4.78 is 11.0. The van der Waals surface area contributed by atoms with Crippen LogP contribution < -0.4 is 20.1 Å². The molecule has 2 amide bonds. The lowest BCUT2D eigenvalue weighted by Gasteiger charge is -2.19. The predicted molar refractivity (Wildman–Crippen MR) is 116 cm³/mol. The van der Waals surface area contributed by atoms with Crippen molar-refractivity contribution < 1.29 is 19.1 Å². The van der Waals surface area contributed by atoms with Crippen molar-refractivity contribution in [1.29, 1.82) is 0 Å². The first-order valence-corrected chi connectivity index (χ1v) is 10.5. The molecule has 154 valence electrons. The topological polar surface area (TPSA) is 76.7 Å². The third kappa shape index (κ3) is 6.71. The van der Waals surface area contributed by atoms with Gasteiger partial charge in [-0.05, 0) is 35.7 Å². The van der Waals surface area contributed by atoms with Crippen molar-refractivity contribution in [2.24, 2.45) is 5.41 Å². The van der Waals surface area contributed by atoms with E-state index in [9.17, 15) is 9.59 Å². The smallest absolute Gasteiger partial charge is 0.234 e. The number of nitrogens with one attached hydrogen (secondary N) is 2. The monoisotopic (exact) mass is 414 g/mol. The molecular weight excluding hydrogens is 388 g/mol. The van der Waals surface area contributed by atoms with Crippen molar-refractivity contribution in [3.8, 4) is 11.5 Å². The summed E-state index contributed by atoms with van der Waals surface area (Å²) >= 11 is 1.41. The normalized spacial score (nSPS) is 12.9. The molecule has 1 aliphatic heterocycles. The lowest BCUT2D eigenvalue weighted by Crippen LogP contribution is -2.19. The zero-order chi connectivity index (χ0) is 20.9. The van der Waals surface area contributed by atoms with E-state index in [1.165, 1.54) is 11.8 Å². The minimum Gasteiger partial charge on any atom is -0.486 e. The van der Waals surface area contributed by atoms with E-state index in [0.29, 0.717) is 36.8 Å². The standard InChI is InChI=1S/C22H26N2O4S/c1-22(2,3)13-20(25)23-15-5-4-6-17(11-15)29-14-21(26)24-16-7-8-18-19(12-16)28-10-9-27-18/h4-8,11-12H,9-10,13-14H2,1-3H3,(H,23,25)(H,24,26). The molecule has 3 rings (SSSR count). The fourth-order valence-electron chi connectivity index (χ4n) is 2.82. The summed E-state index contributed by atoms with van der Waals surface area (Å²) in [5, 5.41) is 5.79. The highest BCUT2D eigenvalue weighted by atomic mass is 32.2. The van der Waals surface area contributed by atoms with Crippen LogP contribution in [0.15, 0.2) is 47.4 Å². The van der Waals surface area contributed by atoms with Crippen LogP contribution in [0.3, 0.4) is 0 Å². The molecule has 2 aromatic carbocycles. The summed E-state index contributed by atoms with van der Waals surface area (Å²) in [6, 6.07) is 12.9. The van der Waals surface area contributed by atoms with Gasteiger partial charge in [-0.25, -0.2) is 0 Å². The Labute approximate surface area is 175 Å². The largest absolute Gasteiger partial charge is 0.486 e. The maximum absolute atomic E-state index is 12.3. The number of rotatable bonds is 6. The molecule has 1 aliphatic rings. The fourth-order valence-corrected chi connectivity index (χ4v) is 3.57. The van der Waals surface area contributed by atoms with Crippen LogP contribution in [-0.2, 0) is 9.59 Å². The number of ether oxygens (including phenoxy) is 2. The molecule has 7 heteroatoms. The molecule has 0 aromatic heterocycles. The van der Waals surface area contributed by atoms with Crippen LogP contribution in [0.4, 0.5) is 11.4 Å². The number of fused-ring (bicyclic) bond motifs is 1. The minimum atomic E-state index is -0.117. The number of hydrogen-bond acceptors (Lipinski definition) is 5. The molecule has 0 aliphatic carbocycles. The van der Waals surface area contributed by atoms with E-state index in [2.05, 4.69) is 10.6 Å². The highest BCUT2D eigenvalue weighted by Gasteiger charge is 2.16. The summed E-state index contributed by atoms with van der Waals surface area (Å²) in [6.07, 6.45) is 0.447. The van der Waals surface area contributed by atoms with Crippen LogP contribution in [0.1, 0.15) is 27.2 Å². The lowest BCUT2D eigenvalue weighted by molar-refractivity contribution is -0.118. The van der Waals surface area contributed by atoms with E-state index in [1.54, 1.807) is 18.2 Å². The molecule has 0 bridgehead atoms. The Balaban J connectivity index is 1.52. The zero-order valence-corrected chi connectivity index (χ0v) is 17.7. The number of thioether (sulfide) groups is 1. The second kappa shape index (κ2) is 9.22. The fraction of sp³-hybridized carbons (Fsp3) is 0.364. The minimum absolute atomic E-state index is 0.0176. The zero-order valence-electron chi connectivity index (χ0n) is 16.9. The maximum atomic E-state index is 12.3. The Kier molecular flexibility index (Phi) is 6.69. The van der Waals surface area contributed by atoms with E-state index in [4.69, 9.17) is 9.47 Å². The van der Waals surface area contributed by atoms with Gasteiger partial charge in [0.25, 0.3) is 0 Å². The number of carbonyl (C=O) groups excluding carboxylic acids is 2. The first-order chi connectivity index (χ1) is 13.8. The van der Waals surface area contributed by atoms with Gasteiger partial charge in [0.05, 0.1) is 5.75 Å². The Morgan fingerprint density at radius 3 is 2.38 bits per heavy atom. The van der Waals surface area contributed by atoms with Crippen LogP contribution in [0.2, 0.25) is 0 Å². The Morgan fingerprint density at radius 2 is 1.62 bits per heavy atom. The molecule has 0 saturated carbocycles. The summed E-state index contributed by atoms with van der Waals surface area (Å²) in [5.41, 5.74) is 1.34. The number of hydrogen-bond donors (Lipinski definition) is 2. The highest BCUT2D eigenvalue weighted by Crippen LogP contribution is 2.32. The summed E-state index contributed by atoms with van der Waals surface area (Å²) in [4.78, 5) is 25.3. The molecule has 0 radical (unpaired) electrons. The number of benzene rings is 2. The molecular formula is C22H26N2O4S. The third-order valence-corrected chi connectivity index (χ3v) is 5.00. The van der Waals surface area contributed by atoms with Crippen molar-refractivity contribution in [1.82, 2.24) is 0 Å². The average Bonchev–Trinajstić information content (AvgIpc) is 2.65. The van der Waals surface area contributed by atoms with Crippen LogP contribution in [-0.4, -0.2) is 30.8 Å². The molecule has 29 heavy (non-hydrogen) atoms. The molecule has 2 aromatic rings. The Hall–Kier alpha value is -2.67. The van der Waals surface area contributed by atoms with E-state index in [0.717, 1.165) is 10.6 Å². The van der Waals surface area contributed by atoms with Crippen molar-refractivity contribution >= 4 is 35.0 Å². The quantitative estimate of drug-likeness (QED) is 0.678. The summed E-state index contributed by atoms with van der Waals surface area (Å²) in [7, 11) is 0. The predicted octanol–water partition coefficient (Wildman–Crippen LogP) is 4.56. The molecule has 0 fully saturated rings. The molecule has 1 heterocycles. The van der Waals surface area contributed by atoms with Crippen molar-refractivity contribution in [2.75, 3.05) is 29.6 Å². The second-order valence-corrected chi connectivity index (χ2v) is 9.06. The third-order valence-electron chi connectivity index (χ3n) is 4.00. The van der Waals surface area contributed by atoms with Gasteiger partial charge < -0.3 is 20.1 Å².